The highest BCUT2D eigenvalue weighted by Crippen LogP contribution is 2.12. The van der Waals surface area contributed by atoms with Gasteiger partial charge in [0.15, 0.2) is 0 Å². The molecule has 8 heteroatoms. The van der Waals surface area contributed by atoms with E-state index >= 15 is 0 Å². The third-order valence-electron chi connectivity index (χ3n) is 1.94. The smallest absolute Gasteiger partial charge is 0.265 e. The van der Waals surface area contributed by atoms with Crippen LogP contribution in [-0.2, 0) is 20.1 Å². The zero-order chi connectivity index (χ0) is 13.1. The molecule has 0 aromatic heterocycles. The van der Waals surface area contributed by atoms with Crippen molar-refractivity contribution in [2.24, 2.45) is 0 Å². The first-order valence-corrected chi connectivity index (χ1v) is 8.15. The summed E-state index contributed by atoms with van der Waals surface area (Å²) in [6.45, 7) is 6.85. The van der Waals surface area contributed by atoms with Crippen molar-refractivity contribution in [3.63, 3.8) is 0 Å². The Balaban J connectivity index is 4.89. The minimum Gasteiger partial charge on any atom is -0.286 e. The molecule has 0 rings (SSSR count). The lowest BCUT2D eigenvalue weighted by Gasteiger charge is -2.29. The highest BCUT2D eigenvalue weighted by Gasteiger charge is 2.28. The van der Waals surface area contributed by atoms with E-state index in [4.69, 9.17) is 4.55 Å². The fourth-order valence-electron chi connectivity index (χ4n) is 1.55. The van der Waals surface area contributed by atoms with E-state index in [1.54, 1.807) is 27.7 Å². The molecular weight excluding hydrogens is 254 g/mol. The van der Waals surface area contributed by atoms with Crippen molar-refractivity contribution in [1.82, 2.24) is 4.31 Å². The highest BCUT2D eigenvalue weighted by molar-refractivity contribution is 7.91. The second kappa shape index (κ2) is 5.44. The van der Waals surface area contributed by atoms with Crippen LogP contribution in [0.4, 0.5) is 0 Å². The summed E-state index contributed by atoms with van der Waals surface area (Å²) in [5.74, 6) is -1.37. The molecule has 0 aliphatic carbocycles. The van der Waals surface area contributed by atoms with Crippen LogP contribution in [-0.4, -0.2) is 49.3 Å². The molecule has 98 valence electrons. The third kappa shape index (κ3) is 5.24. The van der Waals surface area contributed by atoms with E-state index < -0.39 is 31.6 Å². The van der Waals surface area contributed by atoms with Gasteiger partial charge in [0.2, 0.25) is 10.0 Å². The Labute approximate surface area is 97.4 Å². The SMILES string of the molecule is CC(C)N(C(C)C)S(=O)(=O)CCS(=O)(=O)O. The Morgan fingerprint density at radius 3 is 1.56 bits per heavy atom. The Bertz CT molecular complexity index is 402. The number of sulfonamides is 1. The first-order chi connectivity index (χ1) is 6.97. The predicted molar refractivity (Wildman–Crippen MR) is 62.3 cm³/mol. The Morgan fingerprint density at radius 2 is 1.31 bits per heavy atom. The van der Waals surface area contributed by atoms with Crippen LogP contribution in [0.15, 0.2) is 0 Å². The van der Waals surface area contributed by atoms with Gasteiger partial charge in [-0.05, 0) is 27.7 Å². The van der Waals surface area contributed by atoms with Crippen molar-refractivity contribution in [1.29, 1.82) is 0 Å². The molecule has 1 N–H and O–H groups in total. The predicted octanol–water partition coefficient (Wildman–Crippen LogP) is 0.323. The summed E-state index contributed by atoms with van der Waals surface area (Å²) < 4.78 is 54.4. The summed E-state index contributed by atoms with van der Waals surface area (Å²) >= 11 is 0. The normalized spacial score (nSPS) is 14.0. The first kappa shape index (κ1) is 15.8. The van der Waals surface area contributed by atoms with E-state index in [0.717, 1.165) is 0 Å². The molecule has 0 atom stereocenters. The lowest BCUT2D eigenvalue weighted by Crippen LogP contribution is -2.44. The summed E-state index contributed by atoms with van der Waals surface area (Å²) in [5, 5.41) is 0. The van der Waals surface area contributed by atoms with Crippen LogP contribution in [0, 0.1) is 0 Å². The van der Waals surface area contributed by atoms with Gasteiger partial charge in [-0.2, -0.15) is 12.7 Å². The largest absolute Gasteiger partial charge is 0.286 e. The number of rotatable bonds is 6. The van der Waals surface area contributed by atoms with Gasteiger partial charge in [-0.1, -0.05) is 0 Å². The molecule has 0 aromatic rings. The standard InChI is InChI=1S/C8H19NO5S2/c1-7(2)9(8(3)4)15(10,11)5-6-16(12,13)14/h7-8H,5-6H2,1-4H3,(H,12,13,14). The second-order valence-corrected chi connectivity index (χ2v) is 7.69. The topological polar surface area (TPSA) is 91.8 Å². The van der Waals surface area contributed by atoms with E-state index in [9.17, 15) is 16.8 Å². The molecule has 0 aliphatic rings. The summed E-state index contributed by atoms with van der Waals surface area (Å²) in [5.41, 5.74) is 0. The maximum Gasteiger partial charge on any atom is 0.265 e. The van der Waals surface area contributed by atoms with Gasteiger partial charge < -0.3 is 0 Å². The number of hydrogen-bond acceptors (Lipinski definition) is 4. The number of nitrogens with zero attached hydrogens (tertiary/aromatic N) is 1. The van der Waals surface area contributed by atoms with Gasteiger partial charge in [-0.25, -0.2) is 8.42 Å². The molecule has 0 heterocycles. The van der Waals surface area contributed by atoms with E-state index in [-0.39, 0.29) is 12.1 Å². The van der Waals surface area contributed by atoms with Gasteiger partial charge in [0.05, 0.1) is 11.5 Å². The van der Waals surface area contributed by atoms with Crippen molar-refractivity contribution in [2.75, 3.05) is 11.5 Å². The molecule has 0 fully saturated rings. The van der Waals surface area contributed by atoms with Crippen LogP contribution < -0.4 is 0 Å². The molecule has 0 saturated heterocycles. The number of hydrogen-bond donors (Lipinski definition) is 1. The van der Waals surface area contributed by atoms with Gasteiger partial charge in [0.25, 0.3) is 10.1 Å². The fourth-order valence-corrected chi connectivity index (χ4v) is 4.74. The molecule has 0 amide bonds. The zero-order valence-electron chi connectivity index (χ0n) is 9.91. The maximum atomic E-state index is 11.8. The van der Waals surface area contributed by atoms with Gasteiger partial charge in [0, 0.05) is 12.1 Å². The first-order valence-electron chi connectivity index (χ1n) is 4.93. The quantitative estimate of drug-likeness (QED) is 0.704. The molecule has 0 aliphatic heterocycles. The molecule has 0 unspecified atom stereocenters. The van der Waals surface area contributed by atoms with Gasteiger partial charge in [0.1, 0.15) is 0 Å². The van der Waals surface area contributed by atoms with Crippen LogP contribution in [0.2, 0.25) is 0 Å². The van der Waals surface area contributed by atoms with Crippen molar-refractivity contribution in [2.45, 2.75) is 39.8 Å². The maximum absolute atomic E-state index is 11.8. The molecule has 6 nitrogen and oxygen atoms in total. The minimum absolute atomic E-state index is 0.244. The molecule has 0 saturated carbocycles. The Morgan fingerprint density at radius 1 is 0.938 bits per heavy atom. The van der Waals surface area contributed by atoms with Gasteiger partial charge in [-0.15, -0.1) is 0 Å². The molecule has 0 spiro atoms. The molecule has 0 aromatic carbocycles. The van der Waals surface area contributed by atoms with Crippen molar-refractivity contribution in [3.05, 3.63) is 0 Å². The van der Waals surface area contributed by atoms with Crippen molar-refractivity contribution < 1.29 is 21.4 Å². The van der Waals surface area contributed by atoms with Crippen LogP contribution in [0.1, 0.15) is 27.7 Å². The fraction of sp³-hybridized carbons (Fsp3) is 1.00. The van der Waals surface area contributed by atoms with Gasteiger partial charge in [-0.3, -0.25) is 4.55 Å². The highest BCUT2D eigenvalue weighted by atomic mass is 32.2. The van der Waals surface area contributed by atoms with Crippen LogP contribution in [0.5, 0.6) is 0 Å². The summed E-state index contributed by atoms with van der Waals surface area (Å²) in [6.07, 6.45) is 0. The average Bonchev–Trinajstić information content (AvgIpc) is 1.97. The van der Waals surface area contributed by atoms with Crippen LogP contribution in [0.3, 0.4) is 0 Å². The molecule has 0 bridgehead atoms. The van der Waals surface area contributed by atoms with E-state index in [0.29, 0.717) is 0 Å². The van der Waals surface area contributed by atoms with E-state index in [1.165, 1.54) is 4.31 Å². The van der Waals surface area contributed by atoms with Crippen molar-refractivity contribution in [3.8, 4) is 0 Å². The second-order valence-electron chi connectivity index (χ2n) is 4.12. The Hall–Kier alpha value is -0.180. The lowest BCUT2D eigenvalue weighted by molar-refractivity contribution is 0.302. The zero-order valence-corrected chi connectivity index (χ0v) is 11.5. The summed E-state index contributed by atoms with van der Waals surface area (Å²) in [7, 11) is -7.91. The summed E-state index contributed by atoms with van der Waals surface area (Å²) in [6, 6.07) is -0.488. The lowest BCUT2D eigenvalue weighted by atomic mass is 10.3. The van der Waals surface area contributed by atoms with Crippen molar-refractivity contribution >= 4 is 20.1 Å². The van der Waals surface area contributed by atoms with E-state index in [1.807, 2.05) is 0 Å². The Kier molecular flexibility index (Phi) is 5.37. The average molecular weight is 273 g/mol. The van der Waals surface area contributed by atoms with Crippen LogP contribution in [0.25, 0.3) is 0 Å². The molecular formula is C8H19NO5S2. The molecule has 16 heavy (non-hydrogen) atoms. The molecule has 0 radical (unpaired) electrons. The monoisotopic (exact) mass is 273 g/mol. The summed E-state index contributed by atoms with van der Waals surface area (Å²) in [4.78, 5) is 0. The third-order valence-corrected chi connectivity index (χ3v) is 5.12. The van der Waals surface area contributed by atoms with E-state index in [2.05, 4.69) is 0 Å². The van der Waals surface area contributed by atoms with Gasteiger partial charge >= 0.3 is 0 Å². The van der Waals surface area contributed by atoms with Crippen LogP contribution >= 0.6 is 0 Å². The minimum atomic E-state index is -4.25.